The van der Waals surface area contributed by atoms with Gasteiger partial charge in [0.2, 0.25) is 46.8 Å². The van der Waals surface area contributed by atoms with Crippen LogP contribution in [0.4, 0.5) is 35.9 Å². The smallest absolute Gasteiger partial charge is 0.407 e. The molecule has 4 aromatic carbocycles. The van der Waals surface area contributed by atoms with Crippen molar-refractivity contribution in [2.75, 3.05) is 46.7 Å². The molecule has 0 unspecified atom stereocenters. The molecule has 3 amide bonds. The monoisotopic (exact) mass is 2020 g/mol. The Labute approximate surface area is 798 Å². The highest BCUT2D eigenvalue weighted by Gasteiger charge is 2.58. The number of hydrogen-bond donors (Lipinski definition) is 26. The number of nitrogens with one attached hydrogen (secondary N) is 3. The number of nitrogens with two attached hydrogens (primary N) is 7. The number of carbonyl (C=O) groups excluding carboxylic acids is 5. The summed E-state index contributed by atoms with van der Waals surface area (Å²) in [5.74, 6) is -17.6. The van der Waals surface area contributed by atoms with E-state index in [0.717, 1.165) is 5.56 Å². The number of alkyl carbamates (subject to hydrolysis) is 2. The zero-order valence-electron chi connectivity index (χ0n) is 76.9. The average molecular weight is 2020 g/mol. The van der Waals surface area contributed by atoms with Gasteiger partial charge in [-0.3, -0.25) is 9.18 Å². The second kappa shape index (κ2) is 54.3. The van der Waals surface area contributed by atoms with Crippen LogP contribution in [0, 0.1) is 35.0 Å². The number of ether oxygens (including phenoxy) is 16. The van der Waals surface area contributed by atoms with E-state index in [4.69, 9.17) is 113 Å². The maximum Gasteiger partial charge on any atom is 0.407 e. The Morgan fingerprint density at radius 1 is 0.414 bits per heavy atom. The molecule has 0 aromatic heterocycles. The van der Waals surface area contributed by atoms with Crippen LogP contribution in [-0.4, -0.2) is 397 Å². The molecule has 40 atom stereocenters. The zero-order chi connectivity index (χ0) is 104. The number of carbonyl (C=O) groups is 5. The average Bonchev–Trinajstić information content (AvgIpc) is 1.71. The number of benzene rings is 4. The van der Waals surface area contributed by atoms with Gasteiger partial charge < -0.3 is 214 Å². The number of aliphatic hydroxyl groups excluding tert-OH is 16. The molecule has 0 spiro atoms. The summed E-state index contributed by atoms with van der Waals surface area (Å²) in [6.07, 6.45) is -44.6. The van der Waals surface area contributed by atoms with Crippen LogP contribution in [-0.2, 0) is 93.9 Å². The molecule has 4 aromatic rings. The number of alkyl halides is 1. The van der Waals surface area contributed by atoms with Crippen molar-refractivity contribution in [3.63, 3.8) is 0 Å². The molecule has 2 saturated carbocycles. The Morgan fingerprint density at radius 3 is 1.14 bits per heavy atom. The molecule has 0 bridgehead atoms. The predicted octanol–water partition coefficient (Wildman–Crippen LogP) is -7.30. The van der Waals surface area contributed by atoms with E-state index in [9.17, 15) is 132 Å². The Bertz CT molecular complexity index is 4480. The highest BCUT2D eigenvalue weighted by molar-refractivity contribution is 5.91. The summed E-state index contributed by atoms with van der Waals surface area (Å²) < 4.78 is 173. The summed E-state index contributed by atoms with van der Waals surface area (Å²) in [4.78, 5) is 62.5. The van der Waals surface area contributed by atoms with Gasteiger partial charge in [0.15, 0.2) is 37.7 Å². The fourth-order valence-electron chi connectivity index (χ4n) is 16.3. The molecular weight excluding hydrogens is 1890 g/mol. The van der Waals surface area contributed by atoms with Gasteiger partial charge in [-0.2, -0.15) is 8.78 Å². The molecule has 12 rings (SSSR count). The molecule has 0 radical (unpaired) electrons. The third-order valence-corrected chi connectivity index (χ3v) is 24.6. The summed E-state index contributed by atoms with van der Waals surface area (Å²) in [7, 11) is -1.00. The summed E-state index contributed by atoms with van der Waals surface area (Å²) in [6.45, 7) is 2.08. The van der Waals surface area contributed by atoms with E-state index < -0.39 is 349 Å². The number of rotatable bonds is 34. The molecule has 8 aliphatic rings. The lowest BCUT2D eigenvalue weighted by molar-refractivity contribution is -0.311. The van der Waals surface area contributed by atoms with E-state index in [-0.39, 0.29) is 57.6 Å². The van der Waals surface area contributed by atoms with Crippen LogP contribution in [0.2, 0.25) is 0 Å². The number of aliphatic hydroxyl groups is 16. The van der Waals surface area contributed by atoms with Crippen molar-refractivity contribution in [1.29, 1.82) is 0 Å². The van der Waals surface area contributed by atoms with Gasteiger partial charge >= 0.3 is 24.1 Å². The van der Waals surface area contributed by atoms with Gasteiger partial charge in [0.25, 0.3) is 0 Å². The zero-order valence-corrected chi connectivity index (χ0v) is 75.9. The van der Waals surface area contributed by atoms with Crippen molar-refractivity contribution >= 4 is 30.0 Å². The second-order valence-corrected chi connectivity index (χ2v) is 34.2. The largest absolute Gasteiger partial charge is 0.447 e. The van der Waals surface area contributed by atoms with Crippen LogP contribution >= 0.6 is 0 Å². The van der Waals surface area contributed by atoms with Crippen LogP contribution < -0.4 is 60.8 Å². The van der Waals surface area contributed by atoms with Crippen molar-refractivity contribution in [1.82, 2.24) is 16.0 Å². The molecule has 790 valence electrons. The number of amides is 3. The maximum atomic E-state index is 14.0. The van der Waals surface area contributed by atoms with Crippen LogP contribution in [0.25, 0.3) is 0 Å². The van der Waals surface area contributed by atoms with E-state index in [2.05, 4.69) is 20.7 Å². The van der Waals surface area contributed by atoms with Gasteiger partial charge in [-0.05, 0) is 55.4 Å². The minimum atomic E-state index is -2.44. The molecule has 53 heteroatoms. The molecule has 140 heavy (non-hydrogen) atoms. The maximum absolute atomic E-state index is 14.0. The first kappa shape index (κ1) is 114. The first-order valence-corrected chi connectivity index (χ1v) is 44.8. The van der Waals surface area contributed by atoms with Gasteiger partial charge in [0.05, 0.1) is 89.0 Å². The first-order chi connectivity index (χ1) is 67.0. The number of esters is 2. The predicted molar refractivity (Wildman–Crippen MR) is 461 cm³/mol. The van der Waals surface area contributed by atoms with Crippen molar-refractivity contribution < 1.29 is 209 Å². The Kier molecular flexibility index (Phi) is 44.2. The Hall–Kier alpha value is -7.99. The van der Waals surface area contributed by atoms with Gasteiger partial charge in [-0.15, -0.1) is 0 Å². The summed E-state index contributed by atoms with van der Waals surface area (Å²) in [5.41, 5.74) is 44.7. The summed E-state index contributed by atoms with van der Waals surface area (Å²) in [6, 6.07) is 16.0. The van der Waals surface area contributed by atoms with E-state index in [0.29, 0.717) is 12.0 Å². The van der Waals surface area contributed by atoms with E-state index >= 15 is 0 Å². The molecular formula is C87H128F6N10O37. The molecule has 6 saturated heterocycles. The van der Waals surface area contributed by atoms with E-state index in [1.807, 2.05) is 18.2 Å². The Morgan fingerprint density at radius 2 is 0.750 bits per heavy atom. The summed E-state index contributed by atoms with van der Waals surface area (Å²) in [5, 5.41) is 175. The summed E-state index contributed by atoms with van der Waals surface area (Å²) >= 11 is 0. The topological polar surface area (TPSA) is 775 Å². The van der Waals surface area contributed by atoms with Gasteiger partial charge in [0, 0.05) is 43.6 Å². The number of hydrogen-bond acceptors (Lipinski definition) is 44. The standard InChI is InChI=1S/C37H61N5O17.C25H18F5NO6.C24H46N4O14.CH3F/c1-3-19-25(46)27(48)22(39)34(54-19)58-31-21(13-44)56-36(29(31)50)59-32-24(45)18(11-17(38)30(32)57-35-23(40)28(49)26(47)20(12-43)55-35)42-33(51)15(2)9-10-41-37(52)53-14-16-7-5-4-6-8-16;26-17-18(27)20(29)22(21(30)19(17)28)37-24(33)16(36-23(32)15-9-5-2-6-10-15)11-12-31-25(34)35-13-14-7-3-1-4-8-14;1-2-8-14(32)16(34)11(27)22(37-8)41-20-10(5-30)39-24(18(20)36)42-21-13(31)6(25)3-7(26)19(21)40-23-12(28)17(35)15(33)9(4-29)38-23;1-2/h4-8,15,17-32,34-36,43-50H,3,9-14,38-40H2,1-2H3,(H,41,52)(H,42,51);1-10,16H,11-13H2,(H,31,34);6-24,29-36H,2-5,25-28H2,1H3;1H3/t15-,17-,18+,19-,20+,21+,22+,23+,24-,25+,26+,27+,28+,29+,30+,31+,32+,34+,35+,36-;16-;6-,7+,8+,9-,10-,11-,12-,13+,14-,15-,16-,17-,18-,19-,20-,21-,22-,23-,24+;/m001./s1/i;;;1D. The quantitative estimate of drug-likeness (QED) is 0.00516. The van der Waals surface area contributed by atoms with Gasteiger partial charge in [-0.1, -0.05) is 99.6 Å². The van der Waals surface area contributed by atoms with Crippen LogP contribution in [0.1, 0.15) is 82.2 Å². The number of halogens is 6. The highest BCUT2D eigenvalue weighted by atomic mass is 19.2. The van der Waals surface area contributed by atoms with Crippen molar-refractivity contribution in [2.24, 2.45) is 46.1 Å². The molecule has 6 aliphatic heterocycles. The molecule has 8 fully saturated rings. The van der Waals surface area contributed by atoms with Crippen molar-refractivity contribution in [3.8, 4) is 5.75 Å². The van der Waals surface area contributed by atoms with Crippen molar-refractivity contribution in [2.45, 2.75) is 311 Å². The lowest BCUT2D eigenvalue weighted by Crippen LogP contribution is -2.68. The van der Waals surface area contributed by atoms with Gasteiger partial charge in [0.1, 0.15) is 141 Å². The SMILES string of the molecule is CC[C@@H]1O[C@H](O[C@H]2[C@@H](O)[C@H](O[C@@H]3[C@@H](O)[C@H](N)C[C@H](N)[C@H]3O[C@H]3O[C@H](CO)[C@@H](O)[C@H](O)[C@H]3N)O[C@@H]2CO)[C@H](N)[C@@H](O)[C@@H]1O.CC[C@@H]1O[C@H](O[C@H]2[C@@H](O)[C@H](O[C@@H]3[C@@H](O)[C@H](NC(=O)[C@@H](C)CCNC(=O)OCc4ccccc4)C[C@H](N)[C@H]3O[C@H]3O[C@H](CO)[C@@H](O)[C@H](O)[C@H]3N)O[C@@H]2CO)[C@H](N)[C@@H](O)[C@@H]1O.O=C(NCC[C@H](OC(=O)c1ccccc1)C(=O)Oc1c(F)c(F)c(F)c(F)c1F)OCc1ccccc1.[2H]CF. The minimum absolute atomic E-state index is 0.00763. The Balaban J connectivity index is 0.000000240. The molecule has 33 N–H and O–H groups in total. The van der Waals surface area contributed by atoms with Crippen LogP contribution in [0.3, 0.4) is 0 Å². The normalized spacial score (nSPS) is 36.9. The van der Waals surface area contributed by atoms with Crippen molar-refractivity contribution in [3.05, 3.63) is 137 Å². The van der Waals surface area contributed by atoms with E-state index in [1.54, 1.807) is 69.3 Å². The molecule has 47 nitrogen and oxygen atoms in total. The van der Waals surface area contributed by atoms with Gasteiger partial charge in [-0.25, -0.2) is 32.3 Å². The van der Waals surface area contributed by atoms with E-state index in [1.165, 1.54) is 24.3 Å². The fraction of sp³-hybridized carbons (Fsp3) is 0.667. The van der Waals surface area contributed by atoms with Crippen LogP contribution in [0.5, 0.6) is 5.75 Å². The van der Waals surface area contributed by atoms with Crippen LogP contribution in [0.15, 0.2) is 91.0 Å². The lowest BCUT2D eigenvalue weighted by Gasteiger charge is -2.48. The molecule has 2 aliphatic carbocycles. The third kappa shape index (κ3) is 28.8. The third-order valence-electron chi connectivity index (χ3n) is 24.6. The lowest BCUT2D eigenvalue weighted by atomic mass is 9.83. The second-order valence-electron chi connectivity index (χ2n) is 34.2. The molecule has 6 heterocycles. The highest BCUT2D eigenvalue weighted by Crippen LogP contribution is 2.40. The minimum Gasteiger partial charge on any atom is -0.447 e. The fourth-order valence-corrected chi connectivity index (χ4v) is 16.3. The first-order valence-electron chi connectivity index (χ1n) is 45.5.